The summed E-state index contributed by atoms with van der Waals surface area (Å²) in [6, 6.07) is 25.3. The van der Waals surface area contributed by atoms with Gasteiger partial charge in [0.15, 0.2) is 17.5 Å². The first-order chi connectivity index (χ1) is 37.9. The van der Waals surface area contributed by atoms with Crippen molar-refractivity contribution in [3.8, 4) is 34.6 Å². The molecule has 0 bridgehead atoms. The van der Waals surface area contributed by atoms with E-state index >= 15 is 0 Å². The maximum Gasteiger partial charge on any atom is 0.235 e. The summed E-state index contributed by atoms with van der Waals surface area (Å²) < 4.78 is 47.4. The number of nitrogens with two attached hydrogens (primary N) is 1. The average molecular weight is 1150 g/mol. The monoisotopic (exact) mass is 1150 g/mol. The molecule has 0 unspecified atom stereocenters. The van der Waals surface area contributed by atoms with Crippen molar-refractivity contribution in [2.75, 3.05) is 21.7 Å². The Hall–Kier alpha value is -8.99. The lowest BCUT2D eigenvalue weighted by Gasteiger charge is -2.15. The van der Waals surface area contributed by atoms with Gasteiger partial charge < -0.3 is 21.7 Å². The lowest BCUT2D eigenvalue weighted by atomic mass is 9.87. The van der Waals surface area contributed by atoms with E-state index in [4.69, 9.17) is 5.73 Å². The van der Waals surface area contributed by atoms with Crippen LogP contribution in [0.4, 0.5) is 36.4 Å². The number of aryl methyl sites for hydroxylation is 3. The number of hydrogen-bond donors (Lipinski definition) is 4. The Kier molecular flexibility index (Phi) is 14.0. The van der Waals surface area contributed by atoms with Crippen LogP contribution in [-0.4, -0.2) is 77.0 Å². The van der Waals surface area contributed by atoms with E-state index in [1.807, 2.05) is 66.7 Å². The zero-order chi connectivity index (χ0) is 57.2. The molecule has 0 aliphatic carbocycles. The van der Waals surface area contributed by atoms with E-state index < -0.39 is 16.2 Å². The predicted octanol–water partition coefficient (Wildman–Crippen LogP) is 9.54. The number of hydrogen-bond acceptors (Lipinski definition) is 13. The summed E-state index contributed by atoms with van der Waals surface area (Å²) in [7, 11) is 0. The number of aromatic nitrogens is 12. The lowest BCUT2D eigenvalue weighted by molar-refractivity contribution is -0.120. The van der Waals surface area contributed by atoms with E-state index in [1.165, 1.54) is 18.2 Å². The van der Waals surface area contributed by atoms with E-state index in [-0.39, 0.29) is 41.0 Å². The van der Waals surface area contributed by atoms with Gasteiger partial charge in [-0.1, -0.05) is 54.6 Å². The molecule has 12 rings (SSSR count). The normalized spacial score (nSPS) is 14.9. The van der Waals surface area contributed by atoms with Crippen LogP contribution in [0.3, 0.4) is 0 Å². The van der Waals surface area contributed by atoms with E-state index in [2.05, 4.69) is 77.1 Å². The molecule has 19 nitrogen and oxygen atoms in total. The van der Waals surface area contributed by atoms with Gasteiger partial charge in [0.05, 0.1) is 41.4 Å². The number of rotatable bonds is 9. The quantitative estimate of drug-likeness (QED) is 0.0985. The van der Waals surface area contributed by atoms with Crippen molar-refractivity contribution in [2.45, 2.75) is 98.2 Å². The fraction of sp³-hybridized carbons (Fsp3) is 0.263. The lowest BCUT2D eigenvalue weighted by Crippen LogP contribution is -2.27. The maximum absolute atomic E-state index is 13.9. The van der Waals surface area contributed by atoms with Crippen LogP contribution in [0, 0.1) is 38.2 Å². The van der Waals surface area contributed by atoms with Gasteiger partial charge in [-0.25, -0.2) is 43.1 Å². The number of halogens is 4. The summed E-state index contributed by atoms with van der Waals surface area (Å²) >= 11 is 3.46. The largest absolute Gasteiger partial charge is 0.383 e. The number of nitrogens with one attached hydrogen (secondary N) is 3. The number of nitrogen functional groups attached to an aromatic ring is 1. The van der Waals surface area contributed by atoms with Crippen LogP contribution in [-0.2, 0) is 50.3 Å². The molecular formula is C57H54BrF3N16O3. The van der Waals surface area contributed by atoms with Crippen molar-refractivity contribution in [3.63, 3.8) is 0 Å². The molecule has 9 heterocycles. The van der Waals surface area contributed by atoms with E-state index in [0.29, 0.717) is 98.5 Å². The van der Waals surface area contributed by atoms with Crippen molar-refractivity contribution >= 4 is 56.9 Å². The smallest absolute Gasteiger partial charge is 0.235 e. The molecule has 0 spiro atoms. The summed E-state index contributed by atoms with van der Waals surface area (Å²) in [6.45, 7) is 17.5. The highest BCUT2D eigenvalue weighted by molar-refractivity contribution is 9.10. The molecule has 3 aromatic carbocycles. The Morgan fingerprint density at radius 3 is 1.31 bits per heavy atom. The third kappa shape index (κ3) is 10.2. The van der Waals surface area contributed by atoms with Gasteiger partial charge >= 0.3 is 0 Å². The zero-order valence-corrected chi connectivity index (χ0v) is 46.6. The number of carbonyl (C=O) groups is 3. The van der Waals surface area contributed by atoms with Crippen LogP contribution in [0.2, 0.25) is 0 Å². The molecule has 3 aliphatic rings. The van der Waals surface area contributed by atoms with E-state index in [1.54, 1.807) is 88.7 Å². The average Bonchev–Trinajstić information content (AvgIpc) is 4.38. The highest BCUT2D eigenvalue weighted by atomic mass is 79.9. The predicted molar refractivity (Wildman–Crippen MR) is 298 cm³/mol. The van der Waals surface area contributed by atoms with Crippen LogP contribution in [0.15, 0.2) is 102 Å². The second kappa shape index (κ2) is 20.7. The highest BCUT2D eigenvalue weighted by Crippen LogP contribution is 2.42. The first-order valence-corrected chi connectivity index (χ1v) is 26.1. The fourth-order valence-electron chi connectivity index (χ4n) is 9.39. The number of nitrogens with zero attached hydrogens (tertiary/aromatic N) is 12. The molecule has 23 heteroatoms. The first kappa shape index (κ1) is 54.4. The van der Waals surface area contributed by atoms with Crippen LogP contribution in [0.5, 0.6) is 0 Å². The van der Waals surface area contributed by atoms with Gasteiger partial charge in [0, 0.05) is 51.1 Å². The van der Waals surface area contributed by atoms with Gasteiger partial charge in [-0.05, 0) is 115 Å². The summed E-state index contributed by atoms with van der Waals surface area (Å²) in [5, 5.41) is 21.9. The van der Waals surface area contributed by atoms with Gasteiger partial charge in [-0.2, -0.15) is 15.3 Å². The third-order valence-electron chi connectivity index (χ3n) is 14.4. The number of anilines is 4. The summed E-state index contributed by atoms with van der Waals surface area (Å²) in [5.74, 6) is 1.62. The van der Waals surface area contributed by atoms with E-state index in [0.717, 1.165) is 28.2 Å². The number of amides is 3. The van der Waals surface area contributed by atoms with Crippen molar-refractivity contribution in [1.82, 2.24) is 59.2 Å². The van der Waals surface area contributed by atoms with Gasteiger partial charge in [0.25, 0.3) is 0 Å². The summed E-state index contributed by atoms with van der Waals surface area (Å²) in [5.41, 5.74) is 12.0. The second-order valence-corrected chi connectivity index (χ2v) is 21.9. The minimum atomic E-state index is -0.780. The van der Waals surface area contributed by atoms with Crippen molar-refractivity contribution in [2.24, 2.45) is 0 Å². The van der Waals surface area contributed by atoms with Gasteiger partial charge in [-0.3, -0.25) is 28.4 Å². The van der Waals surface area contributed by atoms with E-state index in [9.17, 15) is 27.6 Å². The van der Waals surface area contributed by atoms with Crippen LogP contribution in [0.1, 0.15) is 92.0 Å². The standard InChI is InChI=1S/C19H17BrFN5O.C19H19FN6O.C19H18FN5O/c1-10-8-13(25-26(10)9-11-6-4-5-7-12(11)21)16-22-15(20)14-17(23-16)24-18(27)19(14,2)3;1-10-8-13(25-26(10)9-11-6-4-5-7-12(11)20)16-22-15(21)14-17(23-16)24-18(27)19(14,2)3;1-11-8-15(24-25(11)10-12-6-4-5-7-14(12)20)17-21-9-13-16(22-17)23-18(26)19(13,2)3/h4-8H,9H2,1-3H3,(H,22,23,24,27);4-8H,9H2,1-3H3,(H3,21,22,23,24,27);4-9H,10H2,1-3H3,(H,21,22,23,26). The first-order valence-electron chi connectivity index (χ1n) is 25.3. The Morgan fingerprint density at radius 1 is 0.500 bits per heavy atom. The van der Waals surface area contributed by atoms with Gasteiger partial charge in [0.1, 0.15) is 62.4 Å². The molecule has 0 atom stereocenters. The minimum Gasteiger partial charge on any atom is -0.383 e. The molecule has 0 saturated heterocycles. The molecule has 0 saturated carbocycles. The van der Waals surface area contributed by atoms with Crippen molar-refractivity contribution < 1.29 is 27.6 Å². The molecule has 0 radical (unpaired) electrons. The Bertz CT molecular complexity index is 3810. The summed E-state index contributed by atoms with van der Waals surface area (Å²) in [6.07, 6.45) is 1.67. The number of carbonyl (C=O) groups excluding carboxylic acids is 3. The Morgan fingerprint density at radius 2 is 0.863 bits per heavy atom. The van der Waals surface area contributed by atoms with Crippen molar-refractivity contribution in [3.05, 3.63) is 170 Å². The molecule has 80 heavy (non-hydrogen) atoms. The molecular weight excluding hydrogens is 1090 g/mol. The fourth-order valence-corrected chi connectivity index (χ4v) is 10.2. The van der Waals surface area contributed by atoms with Crippen LogP contribution >= 0.6 is 15.9 Å². The molecule has 6 aromatic heterocycles. The highest BCUT2D eigenvalue weighted by Gasteiger charge is 2.44. The molecule has 0 fully saturated rings. The van der Waals surface area contributed by atoms with Crippen LogP contribution in [0.25, 0.3) is 34.6 Å². The maximum atomic E-state index is 13.9. The second-order valence-electron chi connectivity index (χ2n) is 21.2. The Balaban J connectivity index is 0.000000135. The molecule has 9 aromatic rings. The number of benzene rings is 3. The minimum absolute atomic E-state index is 0.0970. The third-order valence-corrected chi connectivity index (χ3v) is 15.0. The van der Waals surface area contributed by atoms with Crippen molar-refractivity contribution in [1.29, 1.82) is 0 Å². The SMILES string of the molecule is Cc1cc(-c2nc(Br)c3c(n2)NC(=O)C3(C)C)nn1Cc1ccccc1F.Cc1cc(-c2nc(N)c3c(n2)NC(=O)C3(C)C)nn1Cc1ccccc1F.Cc1cc(-c2ncc3c(n2)NC(=O)C3(C)C)nn1Cc1ccccc1F. The topological polar surface area (TPSA) is 244 Å². The number of fused-ring (bicyclic) bond motifs is 3. The Labute approximate surface area is 465 Å². The van der Waals surface area contributed by atoms with Crippen LogP contribution < -0.4 is 21.7 Å². The summed E-state index contributed by atoms with van der Waals surface area (Å²) in [4.78, 5) is 63.0. The zero-order valence-electron chi connectivity index (χ0n) is 45.0. The van der Waals surface area contributed by atoms with Gasteiger partial charge in [-0.15, -0.1) is 0 Å². The molecule has 5 N–H and O–H groups in total. The molecule has 408 valence electrons. The molecule has 3 aliphatic heterocycles. The van der Waals surface area contributed by atoms with Gasteiger partial charge in [0.2, 0.25) is 17.7 Å². The molecule has 3 amide bonds.